The third-order valence-corrected chi connectivity index (χ3v) is 2.10. The van der Waals surface area contributed by atoms with Gasteiger partial charge >= 0.3 is 0 Å². The van der Waals surface area contributed by atoms with Crippen molar-refractivity contribution in [2.75, 3.05) is 5.32 Å². The summed E-state index contributed by atoms with van der Waals surface area (Å²) < 4.78 is 0. The average Bonchev–Trinajstić information content (AvgIpc) is 2.35. The van der Waals surface area contributed by atoms with E-state index < -0.39 is 10.7 Å². The van der Waals surface area contributed by atoms with Crippen molar-refractivity contribution in [3.8, 4) is 0 Å². The van der Waals surface area contributed by atoms with Gasteiger partial charge in [0.05, 0.1) is 0 Å². The summed E-state index contributed by atoms with van der Waals surface area (Å²) >= 11 is 11.9. The highest BCUT2D eigenvalue weighted by molar-refractivity contribution is 7.15. The summed E-state index contributed by atoms with van der Waals surface area (Å²) in [7, 11) is 0. The number of rotatable bonds is 2. The Morgan fingerprint density at radius 2 is 2.25 bits per heavy atom. The fourth-order valence-corrected chi connectivity index (χ4v) is 1.21. The molecule has 0 saturated heterocycles. The van der Waals surface area contributed by atoms with Crippen molar-refractivity contribution < 1.29 is 4.79 Å². The lowest BCUT2D eigenvalue weighted by atomic mass is 10.7. The quantitative estimate of drug-likeness (QED) is 0.779. The Labute approximate surface area is 82.9 Å². The largest absolute Gasteiger partial charge is 0.298 e. The molecule has 0 aliphatic heterocycles. The van der Waals surface area contributed by atoms with E-state index in [1.54, 1.807) is 6.92 Å². The van der Waals surface area contributed by atoms with Gasteiger partial charge in [0.25, 0.3) is 5.91 Å². The minimum absolute atomic E-state index is 0.406. The van der Waals surface area contributed by atoms with Crippen LogP contribution in [-0.4, -0.2) is 20.9 Å². The molecule has 0 bridgehead atoms. The number of halogens is 2. The van der Waals surface area contributed by atoms with Gasteiger partial charge in [-0.15, -0.1) is 10.2 Å². The first-order valence-electron chi connectivity index (χ1n) is 2.98. The Bertz CT molecular complexity index is 288. The molecule has 1 aromatic rings. The minimum atomic E-state index is -1.07. The Kier molecular flexibility index (Phi) is 3.25. The van der Waals surface area contributed by atoms with Gasteiger partial charge in [0, 0.05) is 0 Å². The second kappa shape index (κ2) is 4.02. The number of nitrogens with one attached hydrogen (secondary N) is 1. The summed E-state index contributed by atoms with van der Waals surface area (Å²) in [5.74, 6) is -0.491. The maximum atomic E-state index is 10.9. The molecule has 1 aromatic heterocycles. The Hall–Kier alpha value is -0.390. The van der Waals surface area contributed by atoms with E-state index in [9.17, 15) is 4.79 Å². The van der Waals surface area contributed by atoms with E-state index in [-0.39, 0.29) is 0 Å². The van der Waals surface area contributed by atoms with Crippen molar-refractivity contribution in [3.05, 3.63) is 5.01 Å². The Morgan fingerprint density at radius 1 is 1.58 bits per heavy atom. The second-order valence-electron chi connectivity index (χ2n) is 1.92. The summed E-state index contributed by atoms with van der Waals surface area (Å²) in [4.78, 5) is 9.81. The monoisotopic (exact) mass is 225 g/mol. The SMILES string of the molecule is Cc1nnc(NC(=O)C(Cl)Cl)s1. The fraction of sp³-hybridized carbons (Fsp3) is 0.400. The lowest BCUT2D eigenvalue weighted by molar-refractivity contribution is -0.114. The maximum absolute atomic E-state index is 10.9. The molecule has 0 fully saturated rings. The van der Waals surface area contributed by atoms with Crippen molar-refractivity contribution in [2.45, 2.75) is 11.8 Å². The number of aromatic nitrogens is 2. The highest BCUT2D eigenvalue weighted by Crippen LogP contribution is 2.15. The third kappa shape index (κ3) is 2.58. The molecule has 66 valence electrons. The summed E-state index contributed by atoms with van der Waals surface area (Å²) in [6.07, 6.45) is 0. The van der Waals surface area contributed by atoms with Crippen LogP contribution in [0.5, 0.6) is 0 Å². The molecule has 0 aliphatic carbocycles. The van der Waals surface area contributed by atoms with Crippen LogP contribution in [0.4, 0.5) is 5.13 Å². The van der Waals surface area contributed by atoms with E-state index in [1.807, 2.05) is 0 Å². The van der Waals surface area contributed by atoms with Gasteiger partial charge in [-0.25, -0.2) is 0 Å². The first-order valence-corrected chi connectivity index (χ1v) is 4.67. The van der Waals surface area contributed by atoms with Gasteiger partial charge in [-0.2, -0.15) is 0 Å². The first kappa shape index (κ1) is 9.70. The first-order chi connectivity index (χ1) is 5.59. The molecule has 0 atom stereocenters. The molecule has 0 aromatic carbocycles. The number of nitrogens with zero attached hydrogens (tertiary/aromatic N) is 2. The van der Waals surface area contributed by atoms with E-state index >= 15 is 0 Å². The van der Waals surface area contributed by atoms with E-state index in [4.69, 9.17) is 23.2 Å². The predicted octanol–water partition coefficient (Wildman–Crippen LogP) is 1.59. The minimum Gasteiger partial charge on any atom is -0.298 e. The molecule has 0 aliphatic rings. The molecule has 0 radical (unpaired) electrons. The fourth-order valence-electron chi connectivity index (χ4n) is 0.507. The highest BCUT2D eigenvalue weighted by atomic mass is 35.5. The predicted molar refractivity (Wildman–Crippen MR) is 48.8 cm³/mol. The number of hydrogen-bond acceptors (Lipinski definition) is 4. The number of amides is 1. The van der Waals surface area contributed by atoms with Crippen molar-refractivity contribution in [1.29, 1.82) is 0 Å². The molecule has 7 heteroatoms. The maximum Gasteiger partial charge on any atom is 0.259 e. The number of anilines is 1. The normalized spacial score (nSPS) is 10.3. The Balaban J connectivity index is 2.58. The topological polar surface area (TPSA) is 54.9 Å². The number of alkyl halides is 2. The zero-order chi connectivity index (χ0) is 9.14. The van der Waals surface area contributed by atoms with Gasteiger partial charge in [0.15, 0.2) is 4.84 Å². The molecule has 0 spiro atoms. The molecule has 1 heterocycles. The highest BCUT2D eigenvalue weighted by Gasteiger charge is 2.13. The molecule has 0 unspecified atom stereocenters. The van der Waals surface area contributed by atoms with E-state index in [2.05, 4.69) is 15.5 Å². The molecule has 12 heavy (non-hydrogen) atoms. The van der Waals surface area contributed by atoms with Crippen LogP contribution in [0.3, 0.4) is 0 Å². The van der Waals surface area contributed by atoms with Crippen LogP contribution in [-0.2, 0) is 4.79 Å². The molecule has 0 saturated carbocycles. The van der Waals surface area contributed by atoms with Gasteiger partial charge in [-0.1, -0.05) is 34.5 Å². The third-order valence-electron chi connectivity index (χ3n) is 0.954. The number of hydrogen-bond donors (Lipinski definition) is 1. The van der Waals surface area contributed by atoms with Gasteiger partial charge in [0.1, 0.15) is 5.01 Å². The van der Waals surface area contributed by atoms with Crippen molar-refractivity contribution in [2.24, 2.45) is 0 Å². The molecule has 1 N–H and O–H groups in total. The van der Waals surface area contributed by atoms with Gasteiger partial charge in [-0.05, 0) is 6.92 Å². The van der Waals surface area contributed by atoms with E-state index in [1.165, 1.54) is 11.3 Å². The second-order valence-corrected chi connectivity index (χ2v) is 4.19. The number of aryl methyl sites for hydroxylation is 1. The molecular weight excluding hydrogens is 221 g/mol. The van der Waals surface area contributed by atoms with Crippen LogP contribution in [0.15, 0.2) is 0 Å². The standard InChI is InChI=1S/C5H5Cl2N3OS/c1-2-9-10-5(12-2)8-4(11)3(6)7/h3H,1H3,(H,8,10,11). The van der Waals surface area contributed by atoms with E-state index in [0.29, 0.717) is 5.13 Å². The van der Waals surface area contributed by atoms with Gasteiger partial charge < -0.3 is 0 Å². The van der Waals surface area contributed by atoms with Crippen molar-refractivity contribution >= 4 is 45.6 Å². The van der Waals surface area contributed by atoms with Crippen LogP contribution in [0, 0.1) is 6.92 Å². The van der Waals surface area contributed by atoms with E-state index in [0.717, 1.165) is 5.01 Å². The van der Waals surface area contributed by atoms with Crippen LogP contribution in [0.25, 0.3) is 0 Å². The molecule has 1 amide bonds. The van der Waals surface area contributed by atoms with Crippen LogP contribution in [0.1, 0.15) is 5.01 Å². The van der Waals surface area contributed by atoms with Gasteiger partial charge in [0.2, 0.25) is 5.13 Å². The van der Waals surface area contributed by atoms with Crippen LogP contribution in [0.2, 0.25) is 0 Å². The average molecular weight is 226 g/mol. The van der Waals surface area contributed by atoms with Crippen molar-refractivity contribution in [3.63, 3.8) is 0 Å². The lowest BCUT2D eigenvalue weighted by Gasteiger charge is -1.98. The summed E-state index contributed by atoms with van der Waals surface area (Å²) in [5.41, 5.74) is 0. The zero-order valence-corrected chi connectivity index (χ0v) is 8.37. The summed E-state index contributed by atoms with van der Waals surface area (Å²) in [6.45, 7) is 1.78. The Morgan fingerprint density at radius 3 is 2.67 bits per heavy atom. The molecule has 4 nitrogen and oxygen atoms in total. The number of carbonyl (C=O) groups excluding carboxylic acids is 1. The lowest BCUT2D eigenvalue weighted by Crippen LogP contribution is -2.18. The molecular formula is C5H5Cl2N3OS. The van der Waals surface area contributed by atoms with Crippen molar-refractivity contribution in [1.82, 2.24) is 10.2 Å². The summed E-state index contributed by atoms with van der Waals surface area (Å²) in [6, 6.07) is 0. The van der Waals surface area contributed by atoms with Crippen LogP contribution < -0.4 is 5.32 Å². The van der Waals surface area contributed by atoms with Crippen LogP contribution >= 0.6 is 34.5 Å². The summed E-state index contributed by atoms with van der Waals surface area (Å²) in [5, 5.41) is 10.9. The smallest absolute Gasteiger partial charge is 0.259 e. The van der Waals surface area contributed by atoms with Gasteiger partial charge in [-0.3, -0.25) is 10.1 Å². The zero-order valence-electron chi connectivity index (χ0n) is 6.04. The molecule has 1 rings (SSSR count). The number of carbonyl (C=O) groups is 1.